The van der Waals surface area contributed by atoms with Crippen molar-refractivity contribution in [2.24, 2.45) is 0 Å². The van der Waals surface area contributed by atoms with E-state index in [0.29, 0.717) is 0 Å². The number of hydrogen-bond acceptors (Lipinski definition) is 1. The first-order chi connectivity index (χ1) is 9.35. The molecule has 1 aromatic carbocycles. The third-order valence-corrected chi connectivity index (χ3v) is 3.72. The summed E-state index contributed by atoms with van der Waals surface area (Å²) in [6, 6.07) is 8.99. The molecule has 0 radical (unpaired) electrons. The second-order valence-corrected chi connectivity index (χ2v) is 5.35. The Kier molecular flexibility index (Phi) is 5.46. The zero-order valence-corrected chi connectivity index (χ0v) is 12.3. The summed E-state index contributed by atoms with van der Waals surface area (Å²) in [7, 11) is 2.00. The zero-order valence-electron chi connectivity index (χ0n) is 12.3. The molecule has 0 atom stereocenters. The summed E-state index contributed by atoms with van der Waals surface area (Å²) in [5.41, 5.74) is 2.74. The van der Waals surface area contributed by atoms with Gasteiger partial charge in [0.15, 0.2) is 0 Å². The van der Waals surface area contributed by atoms with Crippen LogP contribution in [0.1, 0.15) is 44.6 Å². The molecule has 1 heterocycles. The first kappa shape index (κ1) is 14.1. The van der Waals surface area contributed by atoms with Crippen molar-refractivity contribution in [2.45, 2.75) is 52.1 Å². The Hall–Kier alpha value is -1.28. The van der Waals surface area contributed by atoms with Crippen molar-refractivity contribution in [3.8, 4) is 0 Å². The Morgan fingerprint density at radius 2 is 1.89 bits per heavy atom. The van der Waals surface area contributed by atoms with Gasteiger partial charge in [-0.2, -0.15) is 0 Å². The number of aryl methyl sites for hydroxylation is 1. The van der Waals surface area contributed by atoms with Gasteiger partial charge in [0.25, 0.3) is 0 Å². The number of nitrogens with one attached hydrogen (secondary N) is 1. The van der Waals surface area contributed by atoms with E-state index in [1.54, 1.807) is 0 Å². The molecule has 0 fully saturated rings. The Bertz CT molecular complexity index is 499. The largest absolute Gasteiger partial charge is 0.347 e. The van der Waals surface area contributed by atoms with E-state index in [0.717, 1.165) is 13.1 Å². The van der Waals surface area contributed by atoms with Crippen LogP contribution in [-0.4, -0.2) is 11.6 Å². The lowest BCUT2D eigenvalue weighted by Crippen LogP contribution is -2.05. The lowest BCUT2D eigenvalue weighted by atomic mass is 10.1. The van der Waals surface area contributed by atoms with Crippen molar-refractivity contribution in [1.29, 1.82) is 0 Å². The monoisotopic (exact) mass is 258 g/mol. The molecule has 0 spiro atoms. The third kappa shape index (κ3) is 3.84. The predicted molar refractivity (Wildman–Crippen MR) is 83.5 cm³/mol. The number of benzene rings is 1. The van der Waals surface area contributed by atoms with Crippen LogP contribution in [0.25, 0.3) is 10.9 Å². The zero-order chi connectivity index (χ0) is 13.5. The number of fused-ring (bicyclic) bond motifs is 1. The minimum absolute atomic E-state index is 0.942. The fraction of sp³-hybridized carbons (Fsp3) is 0.529. The molecule has 0 unspecified atom stereocenters. The SMILES string of the molecule is CCCCCCCn1ccc2ccc(CNC)cc21. The van der Waals surface area contributed by atoms with Crippen LogP contribution in [0.4, 0.5) is 0 Å². The molecule has 1 N–H and O–H groups in total. The van der Waals surface area contributed by atoms with E-state index in [9.17, 15) is 0 Å². The maximum atomic E-state index is 3.22. The van der Waals surface area contributed by atoms with Gasteiger partial charge in [-0.15, -0.1) is 0 Å². The summed E-state index contributed by atoms with van der Waals surface area (Å²) >= 11 is 0. The highest BCUT2D eigenvalue weighted by atomic mass is 14.9. The summed E-state index contributed by atoms with van der Waals surface area (Å²) in [4.78, 5) is 0. The predicted octanol–water partition coefficient (Wildman–Crippen LogP) is 4.33. The molecule has 0 saturated carbocycles. The normalized spacial score (nSPS) is 11.3. The Morgan fingerprint density at radius 1 is 1.05 bits per heavy atom. The second-order valence-electron chi connectivity index (χ2n) is 5.35. The molecule has 19 heavy (non-hydrogen) atoms. The molecule has 0 amide bonds. The summed E-state index contributed by atoms with van der Waals surface area (Å²) < 4.78 is 2.40. The standard InChI is InChI=1S/C17H26N2/c1-3-4-5-6-7-11-19-12-10-16-9-8-15(14-18-2)13-17(16)19/h8-10,12-13,18H,3-7,11,14H2,1-2H3. The third-order valence-electron chi connectivity index (χ3n) is 3.72. The van der Waals surface area contributed by atoms with E-state index in [1.165, 1.54) is 48.6 Å². The molecule has 104 valence electrons. The summed E-state index contributed by atoms with van der Waals surface area (Å²) in [5.74, 6) is 0. The Morgan fingerprint density at radius 3 is 2.68 bits per heavy atom. The van der Waals surface area contributed by atoms with Crippen molar-refractivity contribution in [3.05, 3.63) is 36.0 Å². The van der Waals surface area contributed by atoms with Gasteiger partial charge in [-0.05, 0) is 36.6 Å². The molecular formula is C17H26N2. The lowest BCUT2D eigenvalue weighted by molar-refractivity contribution is 0.577. The number of unbranched alkanes of at least 4 members (excludes halogenated alkanes) is 4. The van der Waals surface area contributed by atoms with E-state index < -0.39 is 0 Å². The lowest BCUT2D eigenvalue weighted by Gasteiger charge is -2.07. The highest BCUT2D eigenvalue weighted by molar-refractivity contribution is 5.80. The minimum Gasteiger partial charge on any atom is -0.347 e. The molecule has 0 aliphatic rings. The van der Waals surface area contributed by atoms with E-state index in [-0.39, 0.29) is 0 Å². The first-order valence-electron chi connectivity index (χ1n) is 7.57. The molecule has 0 aliphatic carbocycles. The number of nitrogens with zero attached hydrogens (tertiary/aromatic N) is 1. The van der Waals surface area contributed by atoms with Crippen molar-refractivity contribution >= 4 is 10.9 Å². The van der Waals surface area contributed by atoms with Gasteiger partial charge in [-0.3, -0.25) is 0 Å². The topological polar surface area (TPSA) is 17.0 Å². The first-order valence-corrected chi connectivity index (χ1v) is 7.57. The Labute approximate surface area is 116 Å². The van der Waals surface area contributed by atoms with Crippen molar-refractivity contribution < 1.29 is 0 Å². The molecule has 2 nitrogen and oxygen atoms in total. The average Bonchev–Trinajstić information content (AvgIpc) is 2.82. The molecule has 0 saturated heterocycles. The van der Waals surface area contributed by atoms with E-state index in [1.807, 2.05) is 7.05 Å². The van der Waals surface area contributed by atoms with Crippen LogP contribution in [0, 0.1) is 0 Å². The molecule has 2 rings (SSSR count). The summed E-state index contributed by atoms with van der Waals surface area (Å²) in [6.07, 6.45) is 8.94. The maximum Gasteiger partial charge on any atom is 0.0483 e. The average molecular weight is 258 g/mol. The fourth-order valence-corrected chi connectivity index (χ4v) is 2.62. The Balaban J connectivity index is 1.99. The molecule has 2 heteroatoms. The number of rotatable bonds is 8. The summed E-state index contributed by atoms with van der Waals surface area (Å²) in [5, 5.41) is 4.57. The molecule has 0 aliphatic heterocycles. The molecular weight excluding hydrogens is 232 g/mol. The van der Waals surface area contributed by atoms with Crippen molar-refractivity contribution in [1.82, 2.24) is 9.88 Å². The fourth-order valence-electron chi connectivity index (χ4n) is 2.62. The van der Waals surface area contributed by atoms with Gasteiger partial charge >= 0.3 is 0 Å². The minimum atomic E-state index is 0.942. The van der Waals surface area contributed by atoms with Gasteiger partial charge in [0.05, 0.1) is 0 Å². The van der Waals surface area contributed by atoms with Gasteiger partial charge in [0.2, 0.25) is 0 Å². The second kappa shape index (κ2) is 7.34. The van der Waals surface area contributed by atoms with Gasteiger partial charge in [-0.25, -0.2) is 0 Å². The van der Waals surface area contributed by atoms with Gasteiger partial charge in [-0.1, -0.05) is 44.7 Å². The quantitative estimate of drug-likeness (QED) is 0.697. The van der Waals surface area contributed by atoms with E-state index in [2.05, 4.69) is 47.3 Å². The van der Waals surface area contributed by atoms with Crippen LogP contribution < -0.4 is 5.32 Å². The highest BCUT2D eigenvalue weighted by Gasteiger charge is 2.02. The van der Waals surface area contributed by atoms with Crippen LogP contribution in [0.3, 0.4) is 0 Å². The van der Waals surface area contributed by atoms with Crippen molar-refractivity contribution in [3.63, 3.8) is 0 Å². The molecule has 2 aromatic rings. The smallest absolute Gasteiger partial charge is 0.0483 e. The summed E-state index contributed by atoms with van der Waals surface area (Å²) in [6.45, 7) is 4.36. The van der Waals surface area contributed by atoms with E-state index in [4.69, 9.17) is 0 Å². The highest BCUT2D eigenvalue weighted by Crippen LogP contribution is 2.18. The van der Waals surface area contributed by atoms with Crippen LogP contribution in [0.15, 0.2) is 30.5 Å². The van der Waals surface area contributed by atoms with Gasteiger partial charge < -0.3 is 9.88 Å². The number of aromatic nitrogens is 1. The van der Waals surface area contributed by atoms with Crippen LogP contribution in [-0.2, 0) is 13.1 Å². The van der Waals surface area contributed by atoms with Crippen LogP contribution in [0.2, 0.25) is 0 Å². The molecule has 0 bridgehead atoms. The van der Waals surface area contributed by atoms with Crippen LogP contribution >= 0.6 is 0 Å². The van der Waals surface area contributed by atoms with E-state index >= 15 is 0 Å². The maximum absolute atomic E-state index is 3.22. The van der Waals surface area contributed by atoms with Gasteiger partial charge in [0.1, 0.15) is 0 Å². The molecule has 1 aromatic heterocycles. The van der Waals surface area contributed by atoms with Gasteiger partial charge in [0, 0.05) is 24.8 Å². The van der Waals surface area contributed by atoms with Crippen LogP contribution in [0.5, 0.6) is 0 Å². The van der Waals surface area contributed by atoms with Crippen molar-refractivity contribution in [2.75, 3.05) is 7.05 Å². The number of hydrogen-bond donors (Lipinski definition) is 1.